The van der Waals surface area contributed by atoms with Crippen LogP contribution in [0.1, 0.15) is 49.8 Å². The Kier molecular flexibility index (Phi) is 5.96. The molecule has 2 aliphatic heterocycles. The number of carboxylic acid groups (broad SMARTS) is 2. The Balaban J connectivity index is 0.000000256. The van der Waals surface area contributed by atoms with Gasteiger partial charge in [-0.05, 0) is 36.8 Å². The summed E-state index contributed by atoms with van der Waals surface area (Å²) in [6.07, 6.45) is 3.07. The third kappa shape index (κ3) is 4.55. The van der Waals surface area contributed by atoms with Crippen molar-refractivity contribution in [3.8, 4) is 0 Å². The lowest BCUT2D eigenvalue weighted by Crippen LogP contribution is -2.48. The van der Waals surface area contributed by atoms with Crippen molar-refractivity contribution in [2.24, 2.45) is 0 Å². The number of hydrogen-bond acceptors (Lipinski definition) is 4. The van der Waals surface area contributed by atoms with E-state index < -0.39 is 24.0 Å². The normalized spacial score (nSPS) is 25.7. The maximum Gasteiger partial charge on any atom is 0.314 e. The molecule has 6 nitrogen and oxygen atoms in total. The summed E-state index contributed by atoms with van der Waals surface area (Å²) in [6.45, 7) is 4.30. The van der Waals surface area contributed by atoms with E-state index in [0.717, 1.165) is 38.8 Å². The molecule has 2 aliphatic rings. The predicted octanol–water partition coefficient (Wildman–Crippen LogP) is 2.07. The van der Waals surface area contributed by atoms with Crippen LogP contribution >= 0.6 is 0 Å². The number of rotatable bonds is 3. The fourth-order valence-corrected chi connectivity index (χ4v) is 3.47. The van der Waals surface area contributed by atoms with Crippen molar-refractivity contribution >= 4 is 11.9 Å². The van der Waals surface area contributed by atoms with E-state index in [0.29, 0.717) is 6.04 Å². The van der Waals surface area contributed by atoms with Gasteiger partial charge in [0.05, 0.1) is 5.60 Å². The Labute approximate surface area is 141 Å². The fraction of sp³-hybridized carbons (Fsp3) is 0.556. The van der Waals surface area contributed by atoms with Gasteiger partial charge < -0.3 is 15.3 Å². The van der Waals surface area contributed by atoms with Crippen molar-refractivity contribution in [2.45, 2.75) is 50.7 Å². The average molecular weight is 335 g/mol. The Morgan fingerprint density at radius 1 is 1.21 bits per heavy atom. The standard InChI is InChI=1S/C15H21NO.C3H4O4/c1-2-15(17)8-10-16-9-7-12-5-3-4-6-13(12)14(16)11-15;4-2(5)1-3(6)7/h3-6,14,17H,2,7-11H2,1H3;1H2,(H,4,5)(H,6,7). The first kappa shape index (κ1) is 18.4. The number of carbonyl (C=O) groups is 2. The summed E-state index contributed by atoms with van der Waals surface area (Å²) in [5.41, 5.74) is 2.49. The molecule has 1 aromatic rings. The number of benzene rings is 1. The fourth-order valence-electron chi connectivity index (χ4n) is 3.47. The van der Waals surface area contributed by atoms with Crippen molar-refractivity contribution in [3.63, 3.8) is 0 Å². The number of hydrogen-bond donors (Lipinski definition) is 3. The molecule has 3 N–H and O–H groups in total. The molecule has 0 bridgehead atoms. The second kappa shape index (κ2) is 7.77. The van der Waals surface area contributed by atoms with Gasteiger partial charge in [0.25, 0.3) is 0 Å². The lowest BCUT2D eigenvalue weighted by atomic mass is 9.78. The summed E-state index contributed by atoms with van der Waals surface area (Å²) in [7, 11) is 0. The molecule has 1 fully saturated rings. The minimum absolute atomic E-state index is 0.439. The summed E-state index contributed by atoms with van der Waals surface area (Å²) in [4.78, 5) is 21.4. The molecule has 2 heterocycles. The molecular weight excluding hydrogens is 310 g/mol. The van der Waals surface area contributed by atoms with E-state index in [4.69, 9.17) is 10.2 Å². The zero-order chi connectivity index (χ0) is 17.7. The maximum absolute atomic E-state index is 10.5. The van der Waals surface area contributed by atoms with Gasteiger partial charge in [-0.1, -0.05) is 31.2 Å². The minimum Gasteiger partial charge on any atom is -0.481 e. The first-order chi connectivity index (χ1) is 11.3. The molecule has 0 radical (unpaired) electrons. The molecule has 3 rings (SSSR count). The first-order valence-corrected chi connectivity index (χ1v) is 8.32. The van der Waals surface area contributed by atoms with Crippen LogP contribution in [0.2, 0.25) is 0 Å². The zero-order valence-corrected chi connectivity index (χ0v) is 13.9. The van der Waals surface area contributed by atoms with Gasteiger partial charge in [-0.15, -0.1) is 0 Å². The Morgan fingerprint density at radius 2 is 1.88 bits per heavy atom. The van der Waals surface area contributed by atoms with Gasteiger partial charge in [-0.2, -0.15) is 0 Å². The van der Waals surface area contributed by atoms with E-state index in [2.05, 4.69) is 36.1 Å². The van der Waals surface area contributed by atoms with E-state index in [9.17, 15) is 14.7 Å². The second-order valence-corrected chi connectivity index (χ2v) is 6.50. The molecular formula is C18H25NO5. The Bertz CT molecular complexity index is 591. The smallest absolute Gasteiger partial charge is 0.314 e. The van der Waals surface area contributed by atoms with Crippen LogP contribution in [0.3, 0.4) is 0 Å². The van der Waals surface area contributed by atoms with E-state index in [1.807, 2.05) is 0 Å². The second-order valence-electron chi connectivity index (χ2n) is 6.50. The van der Waals surface area contributed by atoms with Gasteiger partial charge in [-0.25, -0.2) is 0 Å². The third-order valence-electron chi connectivity index (χ3n) is 4.92. The van der Waals surface area contributed by atoms with Crippen LogP contribution in [0.4, 0.5) is 0 Å². The summed E-state index contributed by atoms with van der Waals surface area (Å²) in [6, 6.07) is 9.18. The van der Waals surface area contributed by atoms with Gasteiger partial charge in [0.15, 0.2) is 0 Å². The molecule has 24 heavy (non-hydrogen) atoms. The van der Waals surface area contributed by atoms with Gasteiger partial charge in [0.1, 0.15) is 6.42 Å². The monoisotopic (exact) mass is 335 g/mol. The van der Waals surface area contributed by atoms with Crippen molar-refractivity contribution in [1.29, 1.82) is 0 Å². The summed E-state index contributed by atoms with van der Waals surface area (Å²) in [5, 5.41) is 25.9. The summed E-state index contributed by atoms with van der Waals surface area (Å²) < 4.78 is 0. The van der Waals surface area contributed by atoms with Gasteiger partial charge >= 0.3 is 11.9 Å². The minimum atomic E-state index is -1.31. The summed E-state index contributed by atoms with van der Waals surface area (Å²) >= 11 is 0. The Hall–Kier alpha value is -1.92. The third-order valence-corrected chi connectivity index (χ3v) is 4.92. The SMILES string of the molecule is CCC1(O)CCN2CCc3ccccc3C2C1.O=C(O)CC(=O)O. The molecule has 2 unspecified atom stereocenters. The number of piperidine rings is 1. The number of aliphatic hydroxyl groups is 1. The van der Waals surface area contributed by atoms with Crippen LogP contribution in [-0.4, -0.2) is 50.8 Å². The number of carboxylic acids is 2. The lowest BCUT2D eigenvalue weighted by Gasteiger charge is -2.46. The Morgan fingerprint density at radius 3 is 2.46 bits per heavy atom. The number of aliphatic carboxylic acids is 2. The molecule has 0 aliphatic carbocycles. The highest BCUT2D eigenvalue weighted by Crippen LogP contribution is 2.41. The predicted molar refractivity (Wildman–Crippen MR) is 88.8 cm³/mol. The quantitative estimate of drug-likeness (QED) is 0.732. The van der Waals surface area contributed by atoms with Crippen LogP contribution < -0.4 is 0 Å². The molecule has 2 atom stereocenters. The molecule has 0 aromatic heterocycles. The van der Waals surface area contributed by atoms with E-state index >= 15 is 0 Å². The molecule has 0 saturated carbocycles. The number of fused-ring (bicyclic) bond motifs is 3. The molecule has 0 spiro atoms. The van der Waals surface area contributed by atoms with Crippen LogP contribution in [0.15, 0.2) is 24.3 Å². The van der Waals surface area contributed by atoms with Gasteiger partial charge in [-0.3, -0.25) is 14.5 Å². The zero-order valence-electron chi connectivity index (χ0n) is 13.9. The van der Waals surface area contributed by atoms with E-state index in [-0.39, 0.29) is 0 Å². The maximum atomic E-state index is 10.5. The van der Waals surface area contributed by atoms with Gasteiger partial charge in [0, 0.05) is 19.1 Å². The van der Waals surface area contributed by atoms with E-state index in [1.165, 1.54) is 11.1 Å². The molecule has 132 valence electrons. The molecule has 6 heteroatoms. The molecule has 1 saturated heterocycles. The van der Waals surface area contributed by atoms with Crippen LogP contribution in [-0.2, 0) is 16.0 Å². The largest absolute Gasteiger partial charge is 0.481 e. The van der Waals surface area contributed by atoms with Crippen LogP contribution in [0, 0.1) is 0 Å². The average Bonchev–Trinajstić information content (AvgIpc) is 2.54. The van der Waals surface area contributed by atoms with Crippen molar-refractivity contribution in [1.82, 2.24) is 4.90 Å². The van der Waals surface area contributed by atoms with E-state index in [1.54, 1.807) is 0 Å². The van der Waals surface area contributed by atoms with Crippen molar-refractivity contribution in [3.05, 3.63) is 35.4 Å². The summed E-state index contributed by atoms with van der Waals surface area (Å²) in [5.74, 6) is -2.62. The van der Waals surface area contributed by atoms with Crippen LogP contribution in [0.5, 0.6) is 0 Å². The highest BCUT2D eigenvalue weighted by Gasteiger charge is 2.39. The number of nitrogens with zero attached hydrogens (tertiary/aromatic N) is 1. The van der Waals surface area contributed by atoms with Crippen LogP contribution in [0.25, 0.3) is 0 Å². The topological polar surface area (TPSA) is 98.1 Å². The van der Waals surface area contributed by atoms with Gasteiger partial charge in [0.2, 0.25) is 0 Å². The lowest BCUT2D eigenvalue weighted by molar-refractivity contribution is -0.147. The van der Waals surface area contributed by atoms with Crippen molar-refractivity contribution < 1.29 is 24.9 Å². The highest BCUT2D eigenvalue weighted by molar-refractivity contribution is 5.88. The molecule has 0 amide bonds. The highest BCUT2D eigenvalue weighted by atomic mass is 16.4. The van der Waals surface area contributed by atoms with Crippen molar-refractivity contribution in [2.75, 3.05) is 13.1 Å². The molecule has 1 aromatic carbocycles. The first-order valence-electron chi connectivity index (χ1n) is 8.32.